The Hall–Kier alpha value is -1.56. The van der Waals surface area contributed by atoms with Crippen molar-refractivity contribution in [2.24, 2.45) is 17.8 Å². The molecule has 0 heterocycles. The summed E-state index contributed by atoms with van der Waals surface area (Å²) in [5.41, 5.74) is 6.35. The third kappa shape index (κ3) is 15.9. The first-order chi connectivity index (χ1) is 12.3. The van der Waals surface area contributed by atoms with Crippen LogP contribution in [0.4, 0.5) is 0 Å². The Morgan fingerprint density at radius 1 is 1.04 bits per heavy atom. The molecule has 0 bridgehead atoms. The molecule has 0 radical (unpaired) electrons. The Morgan fingerprint density at radius 2 is 1.58 bits per heavy atom. The van der Waals surface area contributed by atoms with Gasteiger partial charge in [0.15, 0.2) is 0 Å². The zero-order chi connectivity index (χ0) is 21.7. The first-order valence-electron chi connectivity index (χ1n) is 10.3. The van der Waals surface area contributed by atoms with Gasteiger partial charge in [0.2, 0.25) is 0 Å². The van der Waals surface area contributed by atoms with Gasteiger partial charge >= 0.3 is 0 Å². The maximum atomic E-state index is 7.26. The Labute approximate surface area is 166 Å². The summed E-state index contributed by atoms with van der Waals surface area (Å²) in [5, 5.41) is 0. The van der Waals surface area contributed by atoms with Gasteiger partial charge in [0, 0.05) is 0 Å². The summed E-state index contributed by atoms with van der Waals surface area (Å²) < 4.78 is 7.26. The second-order valence-corrected chi connectivity index (χ2v) is 8.25. The Kier molecular flexibility index (Phi) is 13.7. The fourth-order valence-corrected chi connectivity index (χ4v) is 1.96. The van der Waals surface area contributed by atoms with E-state index in [9.17, 15) is 0 Å². The van der Waals surface area contributed by atoms with Gasteiger partial charge in [-0.3, -0.25) is 0 Å². The molecule has 0 fully saturated rings. The highest BCUT2D eigenvalue weighted by Crippen LogP contribution is 2.17. The molecule has 1 rings (SSSR count). The van der Waals surface area contributed by atoms with Crippen molar-refractivity contribution in [3.63, 3.8) is 0 Å². The fourth-order valence-electron chi connectivity index (χ4n) is 1.96. The van der Waals surface area contributed by atoms with Crippen LogP contribution >= 0.6 is 0 Å². The highest BCUT2D eigenvalue weighted by atomic mass is 14.1. The molecule has 0 unspecified atom stereocenters. The molecule has 0 saturated heterocycles. The molecule has 0 spiro atoms. The van der Waals surface area contributed by atoms with E-state index in [-0.39, 0.29) is 0 Å². The second-order valence-electron chi connectivity index (χ2n) is 8.25. The van der Waals surface area contributed by atoms with Gasteiger partial charge in [0.05, 0.1) is 1.37 Å². The number of hydrogen-bond acceptors (Lipinski definition) is 0. The molecule has 0 N–H and O–H groups in total. The van der Waals surface area contributed by atoms with Gasteiger partial charge in [0.1, 0.15) is 0 Å². The van der Waals surface area contributed by atoms with E-state index in [0.717, 1.165) is 24.5 Å². The lowest BCUT2D eigenvalue weighted by Gasteiger charge is -2.07. The fraction of sp³-hybridized carbons (Fsp3) is 0.538. The summed E-state index contributed by atoms with van der Waals surface area (Å²) in [4.78, 5) is 0. The van der Waals surface area contributed by atoms with Crippen LogP contribution in [0, 0.1) is 17.8 Å². The lowest BCUT2D eigenvalue weighted by molar-refractivity contribution is 0.743. The predicted molar refractivity (Wildman–Crippen MR) is 123 cm³/mol. The van der Waals surface area contributed by atoms with Crippen molar-refractivity contribution in [3.05, 3.63) is 71.9 Å². The Bertz CT molecular complexity index is 577. The van der Waals surface area contributed by atoms with Crippen LogP contribution in [0.3, 0.4) is 0 Å². The van der Waals surface area contributed by atoms with E-state index in [1.54, 1.807) is 0 Å². The third-order valence-corrected chi connectivity index (χ3v) is 4.12. The predicted octanol–water partition coefficient (Wildman–Crippen LogP) is 8.86. The lowest BCUT2D eigenvalue weighted by atomic mass is 9.99. The number of rotatable bonds is 6. The van der Waals surface area contributed by atoms with Crippen molar-refractivity contribution < 1.29 is 1.37 Å². The van der Waals surface area contributed by atoms with Crippen molar-refractivity contribution in [3.8, 4) is 0 Å². The van der Waals surface area contributed by atoms with E-state index in [4.69, 9.17) is 1.37 Å². The molecule has 1 aliphatic carbocycles. The van der Waals surface area contributed by atoms with Gasteiger partial charge in [-0.05, 0) is 56.9 Å². The summed E-state index contributed by atoms with van der Waals surface area (Å²) in [5.74, 6) is 1.84. The molecule has 0 aliphatic heterocycles. The van der Waals surface area contributed by atoms with Crippen LogP contribution in [0.5, 0.6) is 0 Å². The van der Waals surface area contributed by atoms with Crippen molar-refractivity contribution >= 4 is 0 Å². The molecule has 148 valence electrons. The molecular formula is C26H44. The summed E-state index contributed by atoms with van der Waals surface area (Å²) in [6, 6.07) is 0.749. The minimum atomic E-state index is 0.591. The van der Waals surface area contributed by atoms with E-state index >= 15 is 0 Å². The molecule has 0 heteroatoms. The van der Waals surface area contributed by atoms with E-state index in [0.29, 0.717) is 17.8 Å². The van der Waals surface area contributed by atoms with E-state index in [1.165, 1.54) is 22.3 Å². The molecule has 0 saturated carbocycles. The highest BCUT2D eigenvalue weighted by molar-refractivity contribution is 5.27. The summed E-state index contributed by atoms with van der Waals surface area (Å²) in [6.45, 7) is 30.7. The van der Waals surface area contributed by atoms with Crippen LogP contribution in [-0.2, 0) is 0 Å². The normalized spacial score (nSPS) is 14.0. The minimum absolute atomic E-state index is 0.591. The second kappa shape index (κ2) is 14.6. The minimum Gasteiger partial charge on any atom is -0.0998 e. The van der Waals surface area contributed by atoms with E-state index in [1.807, 2.05) is 19.9 Å². The maximum Gasteiger partial charge on any atom is 0.0579 e. The first-order valence-corrected chi connectivity index (χ1v) is 9.80. The zero-order valence-electron chi connectivity index (χ0n) is 20.0. The zero-order valence-corrected chi connectivity index (χ0v) is 19.0. The molecule has 26 heavy (non-hydrogen) atoms. The van der Waals surface area contributed by atoms with Crippen molar-refractivity contribution in [2.75, 3.05) is 0 Å². The molecule has 0 aromatic carbocycles. The van der Waals surface area contributed by atoms with E-state index < -0.39 is 0 Å². The van der Waals surface area contributed by atoms with Crippen molar-refractivity contribution in [2.45, 2.75) is 75.2 Å². The van der Waals surface area contributed by atoms with Gasteiger partial charge in [-0.15, -0.1) is 0 Å². The molecule has 0 atom stereocenters. The molecule has 1 aliphatic rings. The van der Waals surface area contributed by atoms with Crippen molar-refractivity contribution in [1.82, 2.24) is 0 Å². The molecule has 0 nitrogen and oxygen atoms in total. The summed E-state index contributed by atoms with van der Waals surface area (Å²) >= 11 is 0. The smallest absolute Gasteiger partial charge is 0.0579 e. The molecular weight excluding hydrogens is 312 g/mol. The monoisotopic (exact) mass is 357 g/mol. The van der Waals surface area contributed by atoms with Gasteiger partial charge in [0.25, 0.3) is 0 Å². The van der Waals surface area contributed by atoms with Crippen LogP contribution in [0.1, 0.15) is 76.5 Å². The molecule has 0 amide bonds. The molecule has 0 aromatic rings. The largest absolute Gasteiger partial charge is 0.0998 e. The van der Waals surface area contributed by atoms with Gasteiger partial charge in [-0.25, -0.2) is 0 Å². The third-order valence-electron chi connectivity index (χ3n) is 4.12. The van der Waals surface area contributed by atoms with E-state index in [2.05, 4.69) is 80.4 Å². The standard InChI is InChI=1S/2C9H16.C8H12/c2*1-7(2)6-9(5)8(3)4;1-7(2)8-5-3-4-6-8/h6,8H,1H2,2-5H3;8H,1,5-6H2,2-4H3;3,5-7H,4H2,1-2H3/b9-6+;;/i;;3D. The summed E-state index contributed by atoms with van der Waals surface area (Å²) in [7, 11) is 0. The van der Waals surface area contributed by atoms with Gasteiger partial charge in [-0.1, -0.05) is 108 Å². The summed E-state index contributed by atoms with van der Waals surface area (Å²) in [6.07, 6.45) is 8.05. The quantitative estimate of drug-likeness (QED) is 0.329. The van der Waals surface area contributed by atoms with Gasteiger partial charge in [-0.2, -0.15) is 0 Å². The lowest BCUT2D eigenvalue weighted by Crippen LogP contribution is -1.91. The van der Waals surface area contributed by atoms with Crippen LogP contribution in [0.2, 0.25) is 0 Å². The van der Waals surface area contributed by atoms with Crippen LogP contribution in [-0.4, -0.2) is 0 Å². The molecule has 0 aromatic heterocycles. The maximum absolute atomic E-state index is 7.26. The number of allylic oxidation sites excluding steroid dienone is 9. The van der Waals surface area contributed by atoms with Crippen LogP contribution < -0.4 is 0 Å². The Balaban J connectivity index is 0. The van der Waals surface area contributed by atoms with Crippen molar-refractivity contribution in [1.29, 1.82) is 0 Å². The SMILES string of the molecule is C=C(C)/C=C(\C)C(C)C.C=C(C)CC(=C)C(C)C.[2H]C1=CC(C(C)C)=CC1. The highest BCUT2D eigenvalue weighted by Gasteiger charge is 2.00. The van der Waals surface area contributed by atoms with Crippen LogP contribution in [0.25, 0.3) is 0 Å². The number of hydrogen-bond donors (Lipinski definition) is 0. The van der Waals surface area contributed by atoms with Gasteiger partial charge < -0.3 is 0 Å². The van der Waals surface area contributed by atoms with Crippen LogP contribution in [0.15, 0.2) is 71.9 Å². The topological polar surface area (TPSA) is 0 Å². The Morgan fingerprint density at radius 3 is 1.73 bits per heavy atom. The average Bonchev–Trinajstić information content (AvgIpc) is 2.94. The first kappa shape index (κ1) is 24.4. The average molecular weight is 358 g/mol.